The van der Waals surface area contributed by atoms with Crippen LogP contribution in [-0.4, -0.2) is 63.7 Å². The van der Waals surface area contributed by atoms with Gasteiger partial charge in [-0.2, -0.15) is 0 Å². The highest BCUT2D eigenvalue weighted by molar-refractivity contribution is 5.94. The van der Waals surface area contributed by atoms with Crippen LogP contribution in [0.25, 0.3) is 0 Å². The summed E-state index contributed by atoms with van der Waals surface area (Å²) in [6.45, 7) is 14.3. The van der Waals surface area contributed by atoms with E-state index in [1.165, 1.54) is 24.0 Å². The lowest BCUT2D eigenvalue weighted by atomic mass is 10.00. The van der Waals surface area contributed by atoms with Gasteiger partial charge in [-0.1, -0.05) is 75.1 Å². The average Bonchev–Trinajstić information content (AvgIpc) is 2.94. The van der Waals surface area contributed by atoms with Gasteiger partial charge < -0.3 is 30.1 Å². The van der Waals surface area contributed by atoms with Crippen molar-refractivity contribution in [2.45, 2.75) is 123 Å². The number of hydrogen-bond donors (Lipinski definition) is 3. The Morgan fingerprint density at radius 2 is 1.46 bits per heavy atom. The van der Waals surface area contributed by atoms with Crippen molar-refractivity contribution >= 4 is 23.9 Å². The summed E-state index contributed by atoms with van der Waals surface area (Å²) in [6, 6.07) is 12.1. The van der Waals surface area contributed by atoms with Crippen molar-refractivity contribution in [1.29, 1.82) is 0 Å². The molecule has 3 amide bonds. The molecular weight excluding hydrogens is 586 g/mol. The lowest BCUT2D eigenvalue weighted by molar-refractivity contribution is -0.159. The maximum absolute atomic E-state index is 14.3. The molecule has 2 aromatic rings. The van der Waals surface area contributed by atoms with E-state index in [0.717, 1.165) is 31.2 Å². The first kappa shape index (κ1) is 38.1. The summed E-state index contributed by atoms with van der Waals surface area (Å²) in [4.78, 5) is 55.8. The van der Waals surface area contributed by atoms with Gasteiger partial charge in [0.05, 0.1) is 0 Å². The van der Waals surface area contributed by atoms with Crippen LogP contribution in [0.1, 0.15) is 105 Å². The van der Waals surface area contributed by atoms with Gasteiger partial charge in [-0.3, -0.25) is 9.59 Å². The number of ether oxygens (including phenoxy) is 2. The number of hydrogen-bond acceptors (Lipinski definition) is 7. The minimum absolute atomic E-state index is 0.0847. The Morgan fingerprint density at radius 1 is 0.826 bits per heavy atom. The Balaban J connectivity index is 2.53. The molecule has 2 aromatic carbocycles. The molecule has 3 unspecified atom stereocenters. The second-order valence-corrected chi connectivity index (χ2v) is 13.6. The molecule has 0 saturated heterocycles. The summed E-state index contributed by atoms with van der Waals surface area (Å²) < 4.78 is 11.0. The van der Waals surface area contributed by atoms with E-state index in [9.17, 15) is 24.3 Å². The summed E-state index contributed by atoms with van der Waals surface area (Å²) >= 11 is 0. The van der Waals surface area contributed by atoms with Crippen LogP contribution in [0, 0.1) is 0 Å². The SMILES string of the molecule is CCCCCCCN(C(=O)C(C)NC(=O)OC(C)(C)C)C(C(=O)NC(Cc1ccccc1)C(=O)OC(C)(C)C)c1cccc(O)c1. The summed E-state index contributed by atoms with van der Waals surface area (Å²) in [5.41, 5.74) is -0.409. The first-order chi connectivity index (χ1) is 21.5. The monoisotopic (exact) mass is 639 g/mol. The Bertz CT molecular complexity index is 1280. The van der Waals surface area contributed by atoms with Crippen LogP contribution in [0.4, 0.5) is 4.79 Å². The zero-order valence-corrected chi connectivity index (χ0v) is 28.7. The maximum atomic E-state index is 14.3. The molecule has 3 atom stereocenters. The van der Waals surface area contributed by atoms with E-state index in [1.54, 1.807) is 53.7 Å². The number of benzene rings is 2. The van der Waals surface area contributed by atoms with Crippen LogP contribution in [0.2, 0.25) is 0 Å². The van der Waals surface area contributed by atoms with Gasteiger partial charge in [0.25, 0.3) is 0 Å². The van der Waals surface area contributed by atoms with Crippen molar-refractivity contribution in [2.24, 2.45) is 0 Å². The van der Waals surface area contributed by atoms with Gasteiger partial charge in [0.15, 0.2) is 0 Å². The summed E-state index contributed by atoms with van der Waals surface area (Å²) in [6.07, 6.45) is 3.88. The number of unbranched alkanes of at least 4 members (excludes halogenated alkanes) is 4. The molecule has 46 heavy (non-hydrogen) atoms. The number of aromatic hydroxyl groups is 1. The van der Waals surface area contributed by atoms with E-state index in [-0.39, 0.29) is 18.7 Å². The Morgan fingerprint density at radius 3 is 2.04 bits per heavy atom. The Hall–Kier alpha value is -4.08. The van der Waals surface area contributed by atoms with Gasteiger partial charge in [-0.15, -0.1) is 0 Å². The molecule has 0 spiro atoms. The Kier molecular flexibility index (Phi) is 14.6. The number of esters is 1. The molecule has 10 nitrogen and oxygen atoms in total. The zero-order chi connectivity index (χ0) is 34.5. The van der Waals surface area contributed by atoms with Crippen LogP contribution < -0.4 is 10.6 Å². The largest absolute Gasteiger partial charge is 0.508 e. The molecule has 0 aromatic heterocycles. The molecule has 0 aliphatic heterocycles. The Labute approximate surface area is 274 Å². The minimum Gasteiger partial charge on any atom is -0.508 e. The third kappa shape index (κ3) is 13.5. The normalized spacial score (nSPS) is 13.6. The van der Waals surface area contributed by atoms with Gasteiger partial charge in [-0.25, -0.2) is 9.59 Å². The van der Waals surface area contributed by atoms with E-state index in [0.29, 0.717) is 12.0 Å². The number of carbonyl (C=O) groups excluding carboxylic acids is 4. The molecule has 3 N–H and O–H groups in total. The highest BCUT2D eigenvalue weighted by atomic mass is 16.6. The molecule has 10 heteroatoms. The average molecular weight is 640 g/mol. The molecule has 254 valence electrons. The van der Waals surface area contributed by atoms with Crippen molar-refractivity contribution in [2.75, 3.05) is 6.54 Å². The predicted molar refractivity (Wildman–Crippen MR) is 178 cm³/mol. The van der Waals surface area contributed by atoms with Crippen molar-refractivity contribution in [3.63, 3.8) is 0 Å². The third-order valence-corrected chi connectivity index (χ3v) is 6.93. The molecule has 0 fully saturated rings. The number of rotatable bonds is 15. The summed E-state index contributed by atoms with van der Waals surface area (Å²) in [7, 11) is 0. The highest BCUT2D eigenvalue weighted by Gasteiger charge is 2.37. The smallest absolute Gasteiger partial charge is 0.408 e. The maximum Gasteiger partial charge on any atom is 0.408 e. The fourth-order valence-electron chi connectivity index (χ4n) is 4.88. The fourth-order valence-corrected chi connectivity index (χ4v) is 4.88. The highest BCUT2D eigenvalue weighted by Crippen LogP contribution is 2.27. The first-order valence-corrected chi connectivity index (χ1v) is 16.2. The molecule has 0 saturated carbocycles. The van der Waals surface area contributed by atoms with Crippen molar-refractivity contribution in [3.05, 3.63) is 65.7 Å². The molecule has 0 aliphatic carbocycles. The van der Waals surface area contributed by atoms with Crippen LogP contribution in [-0.2, 0) is 30.3 Å². The number of alkyl carbamates (subject to hydrolysis) is 1. The van der Waals surface area contributed by atoms with Crippen molar-refractivity contribution < 1.29 is 33.8 Å². The van der Waals surface area contributed by atoms with E-state index in [2.05, 4.69) is 17.6 Å². The number of nitrogens with one attached hydrogen (secondary N) is 2. The number of carbonyl (C=O) groups is 4. The topological polar surface area (TPSA) is 134 Å². The van der Waals surface area contributed by atoms with Crippen molar-refractivity contribution in [3.8, 4) is 5.75 Å². The number of nitrogens with zero attached hydrogens (tertiary/aromatic N) is 1. The number of amides is 3. The third-order valence-electron chi connectivity index (χ3n) is 6.93. The molecule has 2 rings (SSSR count). The van der Waals surface area contributed by atoms with Crippen LogP contribution in [0.5, 0.6) is 5.75 Å². The molecule has 0 heterocycles. The van der Waals surface area contributed by atoms with E-state index in [4.69, 9.17) is 9.47 Å². The van der Waals surface area contributed by atoms with Crippen molar-refractivity contribution in [1.82, 2.24) is 15.5 Å². The second-order valence-electron chi connectivity index (χ2n) is 13.6. The molecule has 0 radical (unpaired) electrons. The summed E-state index contributed by atoms with van der Waals surface area (Å²) in [5.74, 6) is -1.83. The van der Waals surface area contributed by atoms with Gasteiger partial charge in [0.2, 0.25) is 11.8 Å². The van der Waals surface area contributed by atoms with Gasteiger partial charge >= 0.3 is 12.1 Å². The lowest BCUT2D eigenvalue weighted by Gasteiger charge is -2.35. The quantitative estimate of drug-likeness (QED) is 0.156. The minimum atomic E-state index is -1.23. The number of phenolic OH excluding ortho intramolecular Hbond substituents is 1. The zero-order valence-electron chi connectivity index (χ0n) is 28.7. The predicted octanol–water partition coefficient (Wildman–Crippen LogP) is 6.21. The van der Waals surface area contributed by atoms with Gasteiger partial charge in [0, 0.05) is 13.0 Å². The van der Waals surface area contributed by atoms with Gasteiger partial charge in [-0.05, 0) is 78.1 Å². The van der Waals surface area contributed by atoms with E-state index < -0.39 is 53.2 Å². The lowest BCUT2D eigenvalue weighted by Crippen LogP contribution is -2.54. The molecule has 0 bridgehead atoms. The summed E-state index contributed by atoms with van der Waals surface area (Å²) in [5, 5.41) is 15.8. The van der Waals surface area contributed by atoms with Crippen LogP contribution >= 0.6 is 0 Å². The number of phenols is 1. The molecular formula is C36H53N3O7. The first-order valence-electron chi connectivity index (χ1n) is 16.2. The van der Waals surface area contributed by atoms with Crippen LogP contribution in [0.15, 0.2) is 54.6 Å². The molecule has 0 aliphatic rings. The second kappa shape index (κ2) is 17.6. The van der Waals surface area contributed by atoms with E-state index >= 15 is 0 Å². The van der Waals surface area contributed by atoms with Crippen LogP contribution in [0.3, 0.4) is 0 Å². The standard InChI is InChI=1S/C36H53N3O7/c1-9-10-11-12-16-22-39(32(42)25(2)37-34(44)46-36(6,7)8)30(27-20-17-21-28(40)24-27)31(41)38-29(33(43)45-35(3,4)5)23-26-18-14-13-15-19-26/h13-15,17-21,24-25,29-30,40H,9-12,16,22-23H2,1-8H3,(H,37,44)(H,38,41). The fraction of sp³-hybridized carbons (Fsp3) is 0.556. The van der Waals surface area contributed by atoms with Gasteiger partial charge in [0.1, 0.15) is 35.1 Å². The van der Waals surface area contributed by atoms with E-state index in [1.807, 2.05) is 30.3 Å².